The third kappa shape index (κ3) is 3.08. The standard InChI is InChI=1S/C17H14N4OS2/c22-16(13-11-24-17(20-13)14-4-3-9-23-14)18-7-6-12-10-21-8-2-1-5-15(21)19-12/h1-5,8-11H,6-7H2,(H,18,22). The van der Waals surface area contributed by atoms with Crippen molar-refractivity contribution in [1.29, 1.82) is 0 Å². The molecule has 4 heterocycles. The van der Waals surface area contributed by atoms with Crippen molar-refractivity contribution in [3.8, 4) is 9.88 Å². The summed E-state index contributed by atoms with van der Waals surface area (Å²) >= 11 is 3.11. The Morgan fingerprint density at radius 1 is 1.17 bits per heavy atom. The molecule has 0 saturated heterocycles. The van der Waals surface area contributed by atoms with Crippen LogP contribution in [-0.2, 0) is 6.42 Å². The number of pyridine rings is 1. The molecular formula is C17H14N4OS2. The third-order valence-electron chi connectivity index (χ3n) is 3.55. The minimum Gasteiger partial charge on any atom is -0.350 e. The molecule has 1 amide bonds. The highest BCUT2D eigenvalue weighted by molar-refractivity contribution is 7.20. The number of imidazole rings is 1. The smallest absolute Gasteiger partial charge is 0.270 e. The Morgan fingerprint density at radius 3 is 2.96 bits per heavy atom. The third-order valence-corrected chi connectivity index (χ3v) is 5.43. The second-order valence-corrected chi connectivity index (χ2v) is 7.03. The molecule has 24 heavy (non-hydrogen) atoms. The molecule has 0 bridgehead atoms. The molecule has 4 aromatic rings. The number of rotatable bonds is 5. The van der Waals surface area contributed by atoms with Crippen LogP contribution in [-0.4, -0.2) is 26.8 Å². The molecule has 0 spiro atoms. The summed E-state index contributed by atoms with van der Waals surface area (Å²) in [5.41, 5.74) is 2.34. The lowest BCUT2D eigenvalue weighted by Gasteiger charge is -2.00. The van der Waals surface area contributed by atoms with Gasteiger partial charge in [0.25, 0.3) is 5.91 Å². The van der Waals surface area contributed by atoms with Crippen molar-refractivity contribution in [2.24, 2.45) is 0 Å². The van der Waals surface area contributed by atoms with Gasteiger partial charge in [0.1, 0.15) is 16.3 Å². The topological polar surface area (TPSA) is 59.3 Å². The van der Waals surface area contributed by atoms with Gasteiger partial charge in [0.2, 0.25) is 0 Å². The molecule has 4 rings (SSSR count). The average molecular weight is 354 g/mol. The lowest BCUT2D eigenvalue weighted by atomic mass is 10.3. The fourth-order valence-corrected chi connectivity index (χ4v) is 4.01. The summed E-state index contributed by atoms with van der Waals surface area (Å²) in [6, 6.07) is 9.88. The molecule has 0 aliphatic heterocycles. The second-order valence-electron chi connectivity index (χ2n) is 5.22. The Labute approximate surface area is 146 Å². The zero-order chi connectivity index (χ0) is 16.4. The van der Waals surface area contributed by atoms with Gasteiger partial charge in [0.15, 0.2) is 0 Å². The van der Waals surface area contributed by atoms with Gasteiger partial charge in [-0.1, -0.05) is 12.1 Å². The minimum atomic E-state index is -0.141. The number of carbonyl (C=O) groups is 1. The number of nitrogens with zero attached hydrogens (tertiary/aromatic N) is 3. The van der Waals surface area contributed by atoms with Crippen LogP contribution in [0.3, 0.4) is 0 Å². The Balaban J connectivity index is 1.36. The van der Waals surface area contributed by atoms with Crippen molar-refractivity contribution in [1.82, 2.24) is 19.7 Å². The molecule has 0 radical (unpaired) electrons. The van der Waals surface area contributed by atoms with Gasteiger partial charge in [-0.2, -0.15) is 0 Å². The number of fused-ring (bicyclic) bond motifs is 1. The molecule has 5 nitrogen and oxygen atoms in total. The predicted molar refractivity (Wildman–Crippen MR) is 96.7 cm³/mol. The van der Waals surface area contributed by atoms with E-state index in [1.165, 1.54) is 11.3 Å². The maximum atomic E-state index is 12.2. The van der Waals surface area contributed by atoms with Crippen molar-refractivity contribution in [3.05, 3.63) is 64.9 Å². The molecule has 4 aromatic heterocycles. The van der Waals surface area contributed by atoms with Crippen LogP contribution in [0.1, 0.15) is 16.2 Å². The quantitative estimate of drug-likeness (QED) is 0.597. The number of nitrogens with one attached hydrogen (secondary N) is 1. The van der Waals surface area contributed by atoms with Crippen LogP contribution in [0.25, 0.3) is 15.5 Å². The number of aromatic nitrogens is 3. The SMILES string of the molecule is O=C(NCCc1cn2ccccc2n1)c1csc(-c2cccs2)n1. The lowest BCUT2D eigenvalue weighted by Crippen LogP contribution is -2.26. The molecule has 0 fully saturated rings. The second kappa shape index (κ2) is 6.54. The van der Waals surface area contributed by atoms with Crippen LogP contribution in [0.15, 0.2) is 53.5 Å². The molecule has 120 valence electrons. The maximum absolute atomic E-state index is 12.2. The molecule has 0 aliphatic carbocycles. The van der Waals surface area contributed by atoms with E-state index in [1.807, 2.05) is 52.5 Å². The molecule has 0 aromatic carbocycles. The van der Waals surface area contributed by atoms with Crippen LogP contribution < -0.4 is 5.32 Å². The van der Waals surface area contributed by atoms with E-state index in [0.29, 0.717) is 18.7 Å². The first kappa shape index (κ1) is 15.0. The Morgan fingerprint density at radius 2 is 2.12 bits per heavy atom. The van der Waals surface area contributed by atoms with E-state index in [4.69, 9.17) is 0 Å². The van der Waals surface area contributed by atoms with Gasteiger partial charge >= 0.3 is 0 Å². The lowest BCUT2D eigenvalue weighted by molar-refractivity contribution is 0.0950. The minimum absolute atomic E-state index is 0.141. The fraction of sp³-hybridized carbons (Fsp3) is 0.118. The predicted octanol–water partition coefficient (Wildman–Crippen LogP) is 3.49. The van der Waals surface area contributed by atoms with E-state index >= 15 is 0 Å². The largest absolute Gasteiger partial charge is 0.350 e. The summed E-state index contributed by atoms with van der Waals surface area (Å²) in [4.78, 5) is 22.2. The van der Waals surface area contributed by atoms with E-state index < -0.39 is 0 Å². The van der Waals surface area contributed by atoms with Crippen molar-refractivity contribution < 1.29 is 4.79 Å². The van der Waals surface area contributed by atoms with Gasteiger partial charge < -0.3 is 9.72 Å². The van der Waals surface area contributed by atoms with Gasteiger partial charge in [-0.25, -0.2) is 9.97 Å². The molecule has 0 unspecified atom stereocenters. The highest BCUT2D eigenvalue weighted by Crippen LogP contribution is 2.27. The van der Waals surface area contributed by atoms with Crippen LogP contribution in [0.2, 0.25) is 0 Å². The van der Waals surface area contributed by atoms with Crippen molar-refractivity contribution >= 4 is 34.2 Å². The number of hydrogen-bond acceptors (Lipinski definition) is 5. The molecule has 1 N–H and O–H groups in total. The van der Waals surface area contributed by atoms with Crippen molar-refractivity contribution in [2.75, 3.05) is 6.54 Å². The average Bonchev–Trinajstić information content (AvgIpc) is 3.33. The Kier molecular flexibility index (Phi) is 4.10. The summed E-state index contributed by atoms with van der Waals surface area (Å²) in [6.45, 7) is 0.536. The van der Waals surface area contributed by atoms with Gasteiger partial charge in [-0.05, 0) is 23.6 Å². The number of hydrogen-bond donors (Lipinski definition) is 1. The van der Waals surface area contributed by atoms with E-state index in [0.717, 1.165) is 21.2 Å². The highest BCUT2D eigenvalue weighted by atomic mass is 32.1. The van der Waals surface area contributed by atoms with Crippen LogP contribution in [0, 0.1) is 0 Å². The number of carbonyl (C=O) groups excluding carboxylic acids is 1. The van der Waals surface area contributed by atoms with E-state index in [-0.39, 0.29) is 5.91 Å². The fourth-order valence-electron chi connectivity index (χ4n) is 2.39. The monoisotopic (exact) mass is 354 g/mol. The number of amides is 1. The van der Waals surface area contributed by atoms with Gasteiger partial charge in [-0.15, -0.1) is 22.7 Å². The normalized spacial score (nSPS) is 11.0. The van der Waals surface area contributed by atoms with Crippen LogP contribution in [0.5, 0.6) is 0 Å². The van der Waals surface area contributed by atoms with Crippen LogP contribution >= 0.6 is 22.7 Å². The summed E-state index contributed by atoms with van der Waals surface area (Å²) in [5.74, 6) is -0.141. The molecular weight excluding hydrogens is 340 g/mol. The Hall–Kier alpha value is -2.51. The van der Waals surface area contributed by atoms with E-state index in [2.05, 4.69) is 15.3 Å². The first-order valence-electron chi connectivity index (χ1n) is 7.50. The first-order chi connectivity index (χ1) is 11.8. The molecule has 0 atom stereocenters. The van der Waals surface area contributed by atoms with Gasteiger partial charge in [0, 0.05) is 30.7 Å². The summed E-state index contributed by atoms with van der Waals surface area (Å²) in [7, 11) is 0. The van der Waals surface area contributed by atoms with E-state index in [9.17, 15) is 4.79 Å². The Bertz CT molecular complexity index is 938. The van der Waals surface area contributed by atoms with Crippen molar-refractivity contribution in [3.63, 3.8) is 0 Å². The first-order valence-corrected chi connectivity index (χ1v) is 9.26. The zero-order valence-corrected chi connectivity index (χ0v) is 14.3. The number of thiophene rings is 1. The van der Waals surface area contributed by atoms with Crippen molar-refractivity contribution in [2.45, 2.75) is 6.42 Å². The molecule has 0 saturated carbocycles. The van der Waals surface area contributed by atoms with Gasteiger partial charge in [-0.3, -0.25) is 4.79 Å². The summed E-state index contributed by atoms with van der Waals surface area (Å²) < 4.78 is 1.98. The van der Waals surface area contributed by atoms with Crippen LogP contribution in [0.4, 0.5) is 0 Å². The summed E-state index contributed by atoms with van der Waals surface area (Å²) in [6.07, 6.45) is 4.64. The highest BCUT2D eigenvalue weighted by Gasteiger charge is 2.12. The number of thiazole rings is 1. The molecule has 0 aliphatic rings. The van der Waals surface area contributed by atoms with E-state index in [1.54, 1.807) is 16.7 Å². The van der Waals surface area contributed by atoms with Gasteiger partial charge in [0.05, 0.1) is 10.6 Å². The zero-order valence-electron chi connectivity index (χ0n) is 12.7. The molecule has 7 heteroatoms. The maximum Gasteiger partial charge on any atom is 0.270 e. The summed E-state index contributed by atoms with van der Waals surface area (Å²) in [5, 5.41) is 7.60.